The highest BCUT2D eigenvalue weighted by atomic mass is 16.5. The van der Waals surface area contributed by atoms with E-state index in [4.69, 9.17) is 19.9 Å². The van der Waals surface area contributed by atoms with E-state index in [0.717, 1.165) is 36.7 Å². The van der Waals surface area contributed by atoms with Crippen LogP contribution in [0.2, 0.25) is 0 Å². The van der Waals surface area contributed by atoms with Crippen LogP contribution in [-0.4, -0.2) is 45.4 Å². The Morgan fingerprint density at radius 3 is 2.11 bits per heavy atom. The van der Waals surface area contributed by atoms with Crippen LogP contribution in [0.5, 0.6) is 17.2 Å². The van der Waals surface area contributed by atoms with Gasteiger partial charge in [0.2, 0.25) is 0 Å². The highest BCUT2D eigenvalue weighted by molar-refractivity contribution is 5.50. The monoisotopic (exact) mass is 252 g/mol. The molecule has 1 aliphatic rings. The molecule has 1 heterocycles. The fourth-order valence-electron chi connectivity index (χ4n) is 2.20. The lowest BCUT2D eigenvalue weighted by Gasteiger charge is -2.37. The maximum atomic E-state index is 5.78. The molecular weight excluding hydrogens is 232 g/mol. The highest BCUT2D eigenvalue weighted by Gasteiger charge is 2.24. The van der Waals surface area contributed by atoms with E-state index in [9.17, 15) is 0 Å². The van der Waals surface area contributed by atoms with Gasteiger partial charge in [0.05, 0.1) is 21.3 Å². The quantitative estimate of drug-likeness (QED) is 0.842. The minimum absolute atomic E-state index is 0.302. The maximum absolute atomic E-state index is 5.78. The third-order valence-corrected chi connectivity index (χ3v) is 3.17. The van der Waals surface area contributed by atoms with E-state index in [0.29, 0.717) is 11.8 Å². The summed E-state index contributed by atoms with van der Waals surface area (Å²) in [6.45, 7) is 2.67. The largest absolute Gasteiger partial charge is 0.496 e. The maximum Gasteiger partial charge on any atom is 0.164 e. The van der Waals surface area contributed by atoms with Gasteiger partial charge >= 0.3 is 0 Å². The van der Waals surface area contributed by atoms with Crippen molar-refractivity contribution in [1.29, 1.82) is 0 Å². The molecule has 2 rings (SSSR count). The summed E-state index contributed by atoms with van der Waals surface area (Å²) < 4.78 is 16.0. The number of ether oxygens (including phenoxy) is 3. The molecule has 100 valence electrons. The van der Waals surface area contributed by atoms with Gasteiger partial charge < -0.3 is 19.9 Å². The lowest BCUT2D eigenvalue weighted by molar-refractivity contribution is 0.141. The Morgan fingerprint density at radius 2 is 1.61 bits per heavy atom. The van der Waals surface area contributed by atoms with Crippen LogP contribution in [0.1, 0.15) is 5.56 Å². The van der Waals surface area contributed by atoms with Crippen LogP contribution in [0.4, 0.5) is 0 Å². The average Bonchev–Trinajstić information content (AvgIpc) is 2.36. The van der Waals surface area contributed by atoms with E-state index in [1.165, 1.54) is 0 Å². The molecule has 1 fully saturated rings. The number of methoxy groups -OCH3 is 3. The molecule has 0 aromatic heterocycles. The first-order valence-electron chi connectivity index (χ1n) is 5.94. The first kappa shape index (κ1) is 13.0. The van der Waals surface area contributed by atoms with Crippen molar-refractivity contribution in [2.45, 2.75) is 12.6 Å². The van der Waals surface area contributed by atoms with Gasteiger partial charge in [-0.3, -0.25) is 4.90 Å². The van der Waals surface area contributed by atoms with Gasteiger partial charge in [-0.2, -0.15) is 0 Å². The van der Waals surface area contributed by atoms with Crippen molar-refractivity contribution in [1.82, 2.24) is 4.90 Å². The third-order valence-electron chi connectivity index (χ3n) is 3.17. The van der Waals surface area contributed by atoms with Crippen LogP contribution >= 0.6 is 0 Å². The second-order valence-electron chi connectivity index (χ2n) is 4.47. The van der Waals surface area contributed by atoms with Crippen molar-refractivity contribution >= 4 is 0 Å². The summed E-state index contributed by atoms with van der Waals surface area (Å²) in [5.74, 6) is 2.21. The van der Waals surface area contributed by atoms with Gasteiger partial charge in [0.15, 0.2) is 11.5 Å². The van der Waals surface area contributed by atoms with E-state index in [2.05, 4.69) is 4.90 Å². The Labute approximate surface area is 107 Å². The summed E-state index contributed by atoms with van der Waals surface area (Å²) in [4.78, 5) is 2.27. The number of hydrogen-bond acceptors (Lipinski definition) is 5. The summed E-state index contributed by atoms with van der Waals surface area (Å²) in [6, 6.07) is 4.12. The Bertz CT molecular complexity index is 417. The summed E-state index contributed by atoms with van der Waals surface area (Å²) in [5.41, 5.74) is 6.86. The molecule has 0 atom stereocenters. The molecule has 0 aliphatic carbocycles. The van der Waals surface area contributed by atoms with Crippen LogP contribution in [0.3, 0.4) is 0 Å². The van der Waals surface area contributed by atoms with Crippen LogP contribution in [0, 0.1) is 0 Å². The first-order chi connectivity index (χ1) is 8.67. The van der Waals surface area contributed by atoms with E-state index in [1.807, 2.05) is 12.1 Å². The van der Waals surface area contributed by atoms with Gasteiger partial charge in [0.25, 0.3) is 0 Å². The number of nitrogens with two attached hydrogens (primary N) is 1. The molecule has 0 spiro atoms. The molecular formula is C13H20N2O3. The molecule has 0 bridgehead atoms. The van der Waals surface area contributed by atoms with Crippen LogP contribution in [0.25, 0.3) is 0 Å². The second-order valence-corrected chi connectivity index (χ2v) is 4.47. The zero-order valence-electron chi connectivity index (χ0n) is 11.1. The van der Waals surface area contributed by atoms with Crippen LogP contribution in [-0.2, 0) is 6.54 Å². The van der Waals surface area contributed by atoms with Crippen LogP contribution in [0.15, 0.2) is 12.1 Å². The van der Waals surface area contributed by atoms with Crippen molar-refractivity contribution in [3.63, 3.8) is 0 Å². The molecule has 0 unspecified atom stereocenters. The summed E-state index contributed by atoms with van der Waals surface area (Å²) in [7, 11) is 4.91. The topological polar surface area (TPSA) is 57.0 Å². The van der Waals surface area contributed by atoms with Gasteiger partial charge in [-0.1, -0.05) is 0 Å². The molecule has 1 saturated heterocycles. The zero-order chi connectivity index (χ0) is 13.1. The predicted molar refractivity (Wildman–Crippen MR) is 69.4 cm³/mol. The molecule has 0 radical (unpaired) electrons. The Hall–Kier alpha value is -1.46. The third kappa shape index (κ3) is 2.52. The SMILES string of the molecule is COc1cc(OC)c(OC)cc1CN1CC(N)C1. The average molecular weight is 252 g/mol. The smallest absolute Gasteiger partial charge is 0.164 e. The summed E-state index contributed by atoms with van der Waals surface area (Å²) in [6.07, 6.45) is 0. The molecule has 5 nitrogen and oxygen atoms in total. The van der Waals surface area contributed by atoms with Crippen molar-refractivity contribution in [3.05, 3.63) is 17.7 Å². The normalized spacial score (nSPS) is 16.2. The fourth-order valence-corrected chi connectivity index (χ4v) is 2.20. The molecule has 1 aromatic rings. The number of nitrogens with zero attached hydrogens (tertiary/aromatic N) is 1. The second kappa shape index (κ2) is 5.46. The first-order valence-corrected chi connectivity index (χ1v) is 5.94. The molecule has 1 aliphatic heterocycles. The highest BCUT2D eigenvalue weighted by Crippen LogP contribution is 2.35. The van der Waals surface area contributed by atoms with Gasteiger partial charge in [-0.25, -0.2) is 0 Å². The van der Waals surface area contributed by atoms with E-state index in [1.54, 1.807) is 21.3 Å². The zero-order valence-corrected chi connectivity index (χ0v) is 11.1. The van der Waals surface area contributed by atoms with Crippen molar-refractivity contribution in [2.24, 2.45) is 5.73 Å². The molecule has 18 heavy (non-hydrogen) atoms. The minimum atomic E-state index is 0.302. The summed E-state index contributed by atoms with van der Waals surface area (Å²) >= 11 is 0. The van der Waals surface area contributed by atoms with E-state index < -0.39 is 0 Å². The molecule has 2 N–H and O–H groups in total. The number of hydrogen-bond donors (Lipinski definition) is 1. The number of rotatable bonds is 5. The van der Waals surface area contributed by atoms with Crippen molar-refractivity contribution < 1.29 is 14.2 Å². The number of likely N-dealkylation sites (tertiary alicyclic amines) is 1. The molecule has 0 saturated carbocycles. The Morgan fingerprint density at radius 1 is 1.06 bits per heavy atom. The minimum Gasteiger partial charge on any atom is -0.496 e. The fraction of sp³-hybridized carbons (Fsp3) is 0.538. The predicted octanol–water partition coefficient (Wildman–Crippen LogP) is 0.855. The molecule has 0 amide bonds. The standard InChI is InChI=1S/C13H20N2O3/c1-16-11-5-13(18-3)12(17-2)4-9(11)6-15-7-10(14)8-15/h4-5,10H,6-8,14H2,1-3H3. The van der Waals surface area contributed by atoms with Gasteiger partial charge in [0, 0.05) is 37.3 Å². The Kier molecular flexibility index (Phi) is 3.93. The van der Waals surface area contributed by atoms with E-state index in [-0.39, 0.29) is 0 Å². The lowest BCUT2D eigenvalue weighted by Crippen LogP contribution is -2.54. The van der Waals surface area contributed by atoms with Gasteiger partial charge in [-0.15, -0.1) is 0 Å². The number of benzene rings is 1. The van der Waals surface area contributed by atoms with Crippen LogP contribution < -0.4 is 19.9 Å². The van der Waals surface area contributed by atoms with E-state index >= 15 is 0 Å². The summed E-state index contributed by atoms with van der Waals surface area (Å²) in [5, 5.41) is 0. The lowest BCUT2D eigenvalue weighted by atomic mass is 10.1. The van der Waals surface area contributed by atoms with Crippen molar-refractivity contribution in [3.8, 4) is 17.2 Å². The Balaban J connectivity index is 2.21. The van der Waals surface area contributed by atoms with Gasteiger partial charge in [0.1, 0.15) is 5.75 Å². The molecule has 1 aromatic carbocycles. The molecule has 5 heteroatoms. The van der Waals surface area contributed by atoms with Gasteiger partial charge in [-0.05, 0) is 6.07 Å². The van der Waals surface area contributed by atoms with Crippen molar-refractivity contribution in [2.75, 3.05) is 34.4 Å².